The fourth-order valence-electron chi connectivity index (χ4n) is 2.28. The molecule has 1 unspecified atom stereocenters. The van der Waals surface area contributed by atoms with Crippen LogP contribution in [-0.2, 0) is 0 Å². The quantitative estimate of drug-likeness (QED) is 0.784. The molecular formula is C14H18ClN3. The van der Waals surface area contributed by atoms with Gasteiger partial charge >= 0.3 is 0 Å². The molecule has 4 heteroatoms. The number of nitriles is 1. The molecular weight excluding hydrogens is 246 g/mol. The average molecular weight is 264 g/mol. The van der Waals surface area contributed by atoms with Gasteiger partial charge in [-0.25, -0.2) is 0 Å². The number of rotatable bonds is 3. The first kappa shape index (κ1) is 13.2. The van der Waals surface area contributed by atoms with Crippen LogP contribution in [0.2, 0.25) is 0 Å². The summed E-state index contributed by atoms with van der Waals surface area (Å²) in [7, 11) is 0. The normalized spacial score (nSPS) is 18.4. The molecule has 0 aliphatic carbocycles. The van der Waals surface area contributed by atoms with Crippen LogP contribution in [0.3, 0.4) is 0 Å². The zero-order valence-electron chi connectivity index (χ0n) is 10.6. The molecule has 0 spiro atoms. The number of halogens is 1. The van der Waals surface area contributed by atoms with Crippen molar-refractivity contribution in [1.29, 1.82) is 5.26 Å². The number of benzene rings is 1. The maximum Gasteiger partial charge on any atom is 0.133 e. The maximum atomic E-state index is 8.71. The van der Waals surface area contributed by atoms with E-state index in [0.717, 1.165) is 26.2 Å². The molecule has 2 rings (SSSR count). The zero-order chi connectivity index (χ0) is 13.0. The largest absolute Gasteiger partial charge is 0.369 e. The fourth-order valence-corrected chi connectivity index (χ4v) is 2.48. The highest BCUT2D eigenvalue weighted by molar-refractivity contribution is 6.22. The predicted molar refractivity (Wildman–Crippen MR) is 75.1 cm³/mol. The molecule has 1 aromatic rings. The van der Waals surface area contributed by atoms with Crippen LogP contribution in [0.1, 0.15) is 5.56 Å². The molecule has 0 saturated carbocycles. The van der Waals surface area contributed by atoms with Gasteiger partial charge in [0.1, 0.15) is 5.38 Å². The lowest BCUT2D eigenvalue weighted by molar-refractivity contribution is 0.265. The summed E-state index contributed by atoms with van der Waals surface area (Å²) < 4.78 is 0. The topological polar surface area (TPSA) is 30.3 Å². The van der Waals surface area contributed by atoms with E-state index >= 15 is 0 Å². The standard InChI is InChI=1S/C14H18ClN3/c1-12-3-2-4-14(9-12)18-7-5-17(6-8-18)11-13(15)10-16/h2-4,9,13H,5-8,11H2,1H3. The van der Waals surface area contributed by atoms with Crippen LogP contribution >= 0.6 is 11.6 Å². The summed E-state index contributed by atoms with van der Waals surface area (Å²) in [6, 6.07) is 10.7. The Balaban J connectivity index is 1.89. The Kier molecular flexibility index (Phi) is 4.46. The smallest absolute Gasteiger partial charge is 0.133 e. The average Bonchev–Trinajstić information content (AvgIpc) is 2.39. The van der Waals surface area contributed by atoms with Gasteiger partial charge in [-0.2, -0.15) is 5.26 Å². The summed E-state index contributed by atoms with van der Waals surface area (Å²) in [5.74, 6) is 0. The third kappa shape index (κ3) is 3.38. The second-order valence-electron chi connectivity index (χ2n) is 4.72. The second kappa shape index (κ2) is 6.08. The van der Waals surface area contributed by atoms with Crippen LogP contribution in [0, 0.1) is 18.3 Å². The molecule has 3 nitrogen and oxygen atoms in total. The van der Waals surface area contributed by atoms with Crippen LogP contribution < -0.4 is 4.90 Å². The van der Waals surface area contributed by atoms with E-state index in [-0.39, 0.29) is 0 Å². The number of alkyl halides is 1. The summed E-state index contributed by atoms with van der Waals surface area (Å²) in [4.78, 5) is 4.65. The van der Waals surface area contributed by atoms with Crippen molar-refractivity contribution in [3.05, 3.63) is 29.8 Å². The lowest BCUT2D eigenvalue weighted by Crippen LogP contribution is -2.47. The van der Waals surface area contributed by atoms with Crippen LogP contribution in [0.4, 0.5) is 5.69 Å². The summed E-state index contributed by atoms with van der Waals surface area (Å²) in [6.07, 6.45) is 0. The number of aryl methyl sites for hydroxylation is 1. The van der Waals surface area contributed by atoms with Crippen LogP contribution in [-0.4, -0.2) is 43.0 Å². The van der Waals surface area contributed by atoms with Gasteiger partial charge in [0.2, 0.25) is 0 Å². The highest BCUT2D eigenvalue weighted by Crippen LogP contribution is 2.18. The van der Waals surface area contributed by atoms with Gasteiger partial charge < -0.3 is 4.90 Å². The maximum absolute atomic E-state index is 8.71. The fraction of sp³-hybridized carbons (Fsp3) is 0.500. The lowest BCUT2D eigenvalue weighted by atomic mass is 10.2. The van der Waals surface area contributed by atoms with Gasteiger partial charge in [-0.05, 0) is 24.6 Å². The van der Waals surface area contributed by atoms with Crippen molar-refractivity contribution >= 4 is 17.3 Å². The molecule has 18 heavy (non-hydrogen) atoms. The molecule has 1 fully saturated rings. The van der Waals surface area contributed by atoms with Gasteiger partial charge in [0, 0.05) is 38.4 Å². The van der Waals surface area contributed by atoms with Crippen LogP contribution in [0.15, 0.2) is 24.3 Å². The third-order valence-corrected chi connectivity index (χ3v) is 3.53. The van der Waals surface area contributed by atoms with E-state index < -0.39 is 5.38 Å². The second-order valence-corrected chi connectivity index (χ2v) is 5.25. The first-order chi connectivity index (χ1) is 8.69. The number of anilines is 1. The van der Waals surface area contributed by atoms with Gasteiger partial charge in [0.05, 0.1) is 6.07 Å². The molecule has 1 aliphatic heterocycles. The first-order valence-electron chi connectivity index (χ1n) is 6.26. The van der Waals surface area contributed by atoms with Crippen LogP contribution in [0.25, 0.3) is 0 Å². The van der Waals surface area contributed by atoms with Crippen molar-refractivity contribution in [3.8, 4) is 6.07 Å². The zero-order valence-corrected chi connectivity index (χ0v) is 11.4. The van der Waals surface area contributed by atoms with Gasteiger partial charge in [-0.15, -0.1) is 11.6 Å². The number of nitrogens with zero attached hydrogens (tertiary/aromatic N) is 3. The first-order valence-corrected chi connectivity index (χ1v) is 6.70. The van der Waals surface area contributed by atoms with Gasteiger partial charge in [-0.1, -0.05) is 12.1 Å². The molecule has 1 heterocycles. The Bertz CT molecular complexity index is 433. The molecule has 0 N–H and O–H groups in total. The minimum absolute atomic E-state index is 0.393. The van der Waals surface area contributed by atoms with Crippen molar-refractivity contribution in [2.45, 2.75) is 12.3 Å². The predicted octanol–water partition coefficient (Wildman–Crippen LogP) is 2.25. The molecule has 0 radical (unpaired) electrons. The summed E-state index contributed by atoms with van der Waals surface area (Å²) in [5.41, 5.74) is 2.58. The van der Waals surface area contributed by atoms with Crippen molar-refractivity contribution in [2.75, 3.05) is 37.6 Å². The Morgan fingerprint density at radius 2 is 2.06 bits per heavy atom. The van der Waals surface area contributed by atoms with E-state index in [9.17, 15) is 0 Å². The third-order valence-electron chi connectivity index (χ3n) is 3.30. The molecule has 1 aromatic carbocycles. The Morgan fingerprint density at radius 3 is 2.67 bits per heavy atom. The minimum Gasteiger partial charge on any atom is -0.369 e. The molecule has 0 aromatic heterocycles. The lowest BCUT2D eigenvalue weighted by Gasteiger charge is -2.36. The van der Waals surface area contributed by atoms with E-state index in [4.69, 9.17) is 16.9 Å². The van der Waals surface area contributed by atoms with Crippen molar-refractivity contribution in [2.24, 2.45) is 0 Å². The van der Waals surface area contributed by atoms with Crippen molar-refractivity contribution < 1.29 is 0 Å². The summed E-state index contributed by atoms with van der Waals surface area (Å²) in [6.45, 7) is 6.72. The van der Waals surface area contributed by atoms with E-state index in [1.807, 2.05) is 0 Å². The summed E-state index contributed by atoms with van der Waals surface area (Å²) >= 11 is 5.86. The van der Waals surface area contributed by atoms with Gasteiger partial charge in [0.25, 0.3) is 0 Å². The molecule has 1 atom stereocenters. The van der Waals surface area contributed by atoms with E-state index in [1.54, 1.807) is 0 Å². The van der Waals surface area contributed by atoms with Crippen molar-refractivity contribution in [1.82, 2.24) is 4.90 Å². The number of hydrogen-bond acceptors (Lipinski definition) is 3. The van der Waals surface area contributed by atoms with E-state index in [0.29, 0.717) is 6.54 Å². The SMILES string of the molecule is Cc1cccc(N2CCN(CC(Cl)C#N)CC2)c1. The van der Waals surface area contributed by atoms with Crippen molar-refractivity contribution in [3.63, 3.8) is 0 Å². The molecule has 0 amide bonds. The minimum atomic E-state index is -0.393. The van der Waals surface area contributed by atoms with Crippen LogP contribution in [0.5, 0.6) is 0 Å². The van der Waals surface area contributed by atoms with Gasteiger partial charge in [-0.3, -0.25) is 4.90 Å². The molecule has 1 aliphatic rings. The molecule has 96 valence electrons. The molecule has 0 bridgehead atoms. The monoisotopic (exact) mass is 263 g/mol. The number of hydrogen-bond donors (Lipinski definition) is 0. The summed E-state index contributed by atoms with van der Waals surface area (Å²) in [5, 5.41) is 8.31. The van der Waals surface area contributed by atoms with E-state index in [2.05, 4.69) is 47.1 Å². The number of piperazine rings is 1. The Labute approximate surface area is 114 Å². The Morgan fingerprint density at radius 1 is 1.33 bits per heavy atom. The Hall–Kier alpha value is -1.24. The van der Waals surface area contributed by atoms with Gasteiger partial charge in [0.15, 0.2) is 0 Å². The van der Waals surface area contributed by atoms with E-state index in [1.165, 1.54) is 11.3 Å². The highest BCUT2D eigenvalue weighted by atomic mass is 35.5. The molecule has 1 saturated heterocycles. The highest BCUT2D eigenvalue weighted by Gasteiger charge is 2.19.